The molecule has 7 rings (SSSR count). The molecule has 0 bridgehead atoms. The molecule has 0 fully saturated rings. The summed E-state index contributed by atoms with van der Waals surface area (Å²) in [4.78, 5) is 29.1. The van der Waals surface area contributed by atoms with E-state index in [0.717, 1.165) is 22.3 Å². The van der Waals surface area contributed by atoms with E-state index in [1.807, 2.05) is 85.2 Å². The number of benzene rings is 2. The molecule has 0 N–H and O–H groups in total. The third kappa shape index (κ3) is 4.48. The SMILES string of the molecule is c1ccc(-c2ccc(/C3=N/c4cccnc4/C(c4ccc(-c5ccccc5)cn4)=N\c4cccnc43)nc2)cc1. The van der Waals surface area contributed by atoms with Crippen LogP contribution in [0.3, 0.4) is 0 Å². The molecule has 2 aromatic carbocycles. The van der Waals surface area contributed by atoms with Gasteiger partial charge in [0.05, 0.1) is 22.8 Å². The van der Waals surface area contributed by atoms with Gasteiger partial charge in [0.15, 0.2) is 0 Å². The monoisotopic (exact) mass is 514 g/mol. The van der Waals surface area contributed by atoms with Gasteiger partial charge in [-0.15, -0.1) is 0 Å². The Labute approximate surface area is 231 Å². The molecule has 0 atom stereocenters. The maximum atomic E-state index is 5.07. The molecular formula is C34H22N6. The van der Waals surface area contributed by atoms with Crippen molar-refractivity contribution in [3.8, 4) is 22.3 Å². The van der Waals surface area contributed by atoms with E-state index < -0.39 is 0 Å². The Morgan fingerprint density at radius 3 is 1.20 bits per heavy atom. The van der Waals surface area contributed by atoms with Crippen molar-refractivity contribution in [3.63, 3.8) is 0 Å². The molecule has 40 heavy (non-hydrogen) atoms. The number of hydrogen-bond acceptors (Lipinski definition) is 6. The van der Waals surface area contributed by atoms with Gasteiger partial charge in [0, 0.05) is 35.9 Å². The Balaban J connectivity index is 1.34. The predicted octanol–water partition coefficient (Wildman–Crippen LogP) is 7.25. The van der Waals surface area contributed by atoms with E-state index in [4.69, 9.17) is 29.9 Å². The maximum Gasteiger partial charge on any atom is 0.117 e. The second-order valence-corrected chi connectivity index (χ2v) is 9.26. The highest BCUT2D eigenvalue weighted by molar-refractivity contribution is 6.20. The number of hydrogen-bond donors (Lipinski definition) is 0. The fourth-order valence-corrected chi connectivity index (χ4v) is 4.71. The van der Waals surface area contributed by atoms with Crippen molar-refractivity contribution >= 4 is 22.8 Å². The standard InChI is InChI=1S/C34H22N6/c1-3-9-23(10-4-1)25-15-17-27(37-21-25)33-31-29(13-7-19-35-31)40-34(32-30(39-33)14-8-20-36-32)28-18-16-26(22-38-28)24-11-5-2-6-12-24/h1-22H/b33-31?,34-32?,39-30?,39-33-,40-29?,40-34-. The van der Waals surface area contributed by atoms with Crippen molar-refractivity contribution in [2.75, 3.05) is 0 Å². The molecule has 0 radical (unpaired) electrons. The first-order chi connectivity index (χ1) is 19.8. The van der Waals surface area contributed by atoms with Crippen LogP contribution in [0.15, 0.2) is 144 Å². The molecule has 0 saturated heterocycles. The van der Waals surface area contributed by atoms with E-state index in [1.165, 1.54) is 0 Å². The molecule has 1 aliphatic rings. The van der Waals surface area contributed by atoms with Gasteiger partial charge in [-0.1, -0.05) is 72.8 Å². The van der Waals surface area contributed by atoms with Gasteiger partial charge >= 0.3 is 0 Å². The van der Waals surface area contributed by atoms with Crippen molar-refractivity contribution < 1.29 is 0 Å². The van der Waals surface area contributed by atoms with Crippen molar-refractivity contribution in [1.82, 2.24) is 19.9 Å². The zero-order valence-corrected chi connectivity index (χ0v) is 21.4. The third-order valence-electron chi connectivity index (χ3n) is 6.71. The lowest BCUT2D eigenvalue weighted by Crippen LogP contribution is -2.14. The Bertz CT molecular complexity index is 1720. The Morgan fingerprint density at radius 2 is 0.800 bits per heavy atom. The zero-order valence-electron chi connectivity index (χ0n) is 21.4. The smallest absolute Gasteiger partial charge is 0.117 e. The largest absolute Gasteiger partial charge is 0.254 e. The summed E-state index contributed by atoms with van der Waals surface area (Å²) in [5, 5.41) is 0. The summed E-state index contributed by atoms with van der Waals surface area (Å²) >= 11 is 0. The van der Waals surface area contributed by atoms with Crippen LogP contribution in [-0.2, 0) is 0 Å². The van der Waals surface area contributed by atoms with Gasteiger partial charge in [0.25, 0.3) is 0 Å². The molecule has 188 valence electrons. The number of aromatic nitrogens is 4. The molecule has 0 amide bonds. The molecule has 5 heterocycles. The van der Waals surface area contributed by atoms with Crippen LogP contribution in [0.2, 0.25) is 0 Å². The van der Waals surface area contributed by atoms with Gasteiger partial charge in [-0.3, -0.25) is 19.9 Å². The summed E-state index contributed by atoms with van der Waals surface area (Å²) in [6.07, 6.45) is 7.23. The molecule has 0 spiro atoms. The lowest BCUT2D eigenvalue weighted by Gasteiger charge is -2.16. The zero-order chi connectivity index (χ0) is 26.7. The van der Waals surface area contributed by atoms with Gasteiger partial charge in [0.2, 0.25) is 0 Å². The summed E-state index contributed by atoms with van der Waals surface area (Å²) in [5.41, 5.74) is 9.62. The minimum Gasteiger partial charge on any atom is -0.254 e. The topological polar surface area (TPSA) is 76.3 Å². The maximum absolute atomic E-state index is 5.07. The number of aliphatic imine (C=N–C) groups is 2. The van der Waals surface area contributed by atoms with Crippen LogP contribution in [0.25, 0.3) is 22.3 Å². The molecular weight excluding hydrogens is 492 g/mol. The quantitative estimate of drug-likeness (QED) is 0.248. The number of rotatable bonds is 4. The molecule has 0 aliphatic carbocycles. The van der Waals surface area contributed by atoms with Gasteiger partial charge in [-0.05, 0) is 47.5 Å². The van der Waals surface area contributed by atoms with Crippen LogP contribution in [-0.4, -0.2) is 31.4 Å². The summed E-state index contributed by atoms with van der Waals surface area (Å²) in [6.45, 7) is 0. The highest BCUT2D eigenvalue weighted by Gasteiger charge is 2.23. The van der Waals surface area contributed by atoms with Gasteiger partial charge in [-0.2, -0.15) is 0 Å². The highest BCUT2D eigenvalue weighted by atomic mass is 14.9. The van der Waals surface area contributed by atoms with Crippen LogP contribution in [0, 0.1) is 0 Å². The molecule has 6 aromatic rings. The second-order valence-electron chi connectivity index (χ2n) is 9.26. The van der Waals surface area contributed by atoms with Crippen molar-refractivity contribution in [3.05, 3.63) is 157 Å². The minimum atomic E-state index is 0.639. The summed E-state index contributed by atoms with van der Waals surface area (Å²) < 4.78 is 0. The van der Waals surface area contributed by atoms with Crippen LogP contribution in [0.4, 0.5) is 11.4 Å². The van der Waals surface area contributed by atoms with Crippen LogP contribution < -0.4 is 0 Å². The minimum absolute atomic E-state index is 0.639. The van der Waals surface area contributed by atoms with E-state index in [2.05, 4.69) is 36.4 Å². The Kier molecular flexibility index (Phi) is 6.03. The molecule has 0 unspecified atom stereocenters. The van der Waals surface area contributed by atoms with Crippen molar-refractivity contribution in [1.29, 1.82) is 0 Å². The molecule has 1 aliphatic heterocycles. The molecule has 6 nitrogen and oxygen atoms in total. The van der Waals surface area contributed by atoms with E-state index in [9.17, 15) is 0 Å². The summed E-state index contributed by atoms with van der Waals surface area (Å²) in [6, 6.07) is 36.0. The first kappa shape index (κ1) is 23.5. The van der Waals surface area contributed by atoms with E-state index in [1.54, 1.807) is 12.4 Å². The normalized spacial score (nSPS) is 14.9. The lowest BCUT2D eigenvalue weighted by molar-refractivity contribution is 1.19. The predicted molar refractivity (Wildman–Crippen MR) is 158 cm³/mol. The Morgan fingerprint density at radius 1 is 0.350 bits per heavy atom. The van der Waals surface area contributed by atoms with Gasteiger partial charge in [-0.25, -0.2) is 9.98 Å². The molecule has 6 heteroatoms. The number of pyridine rings is 4. The van der Waals surface area contributed by atoms with Gasteiger partial charge in [0.1, 0.15) is 22.8 Å². The Hall–Kier alpha value is -5.62. The fraction of sp³-hybridized carbons (Fsp3) is 0. The van der Waals surface area contributed by atoms with Crippen molar-refractivity contribution in [2.45, 2.75) is 0 Å². The molecule has 4 aromatic heterocycles. The summed E-state index contributed by atoms with van der Waals surface area (Å²) in [5.74, 6) is 0. The van der Waals surface area contributed by atoms with Crippen LogP contribution >= 0.6 is 0 Å². The van der Waals surface area contributed by atoms with Crippen LogP contribution in [0.5, 0.6) is 0 Å². The third-order valence-corrected chi connectivity index (χ3v) is 6.71. The average molecular weight is 515 g/mol. The summed E-state index contributed by atoms with van der Waals surface area (Å²) in [7, 11) is 0. The highest BCUT2D eigenvalue weighted by Crippen LogP contribution is 2.31. The van der Waals surface area contributed by atoms with Gasteiger partial charge < -0.3 is 0 Å². The van der Waals surface area contributed by atoms with E-state index in [0.29, 0.717) is 45.6 Å². The van der Waals surface area contributed by atoms with Crippen molar-refractivity contribution in [2.24, 2.45) is 9.98 Å². The first-order valence-corrected chi connectivity index (χ1v) is 13.0. The van der Waals surface area contributed by atoms with Crippen LogP contribution in [0.1, 0.15) is 22.8 Å². The average Bonchev–Trinajstić information content (AvgIpc) is 3.03. The fourth-order valence-electron chi connectivity index (χ4n) is 4.71. The molecule has 0 saturated carbocycles. The second kappa shape index (κ2) is 10.3. The lowest BCUT2D eigenvalue weighted by atomic mass is 10.0. The number of fused-ring (bicyclic) bond motifs is 2. The first-order valence-electron chi connectivity index (χ1n) is 13.0. The van der Waals surface area contributed by atoms with E-state index in [-0.39, 0.29) is 0 Å². The van der Waals surface area contributed by atoms with E-state index >= 15 is 0 Å². The number of nitrogens with zero attached hydrogens (tertiary/aromatic N) is 6.